The minimum Gasteiger partial charge on any atom is -0.480 e. The molecular formula is C20H25NO2. The van der Waals surface area contributed by atoms with Crippen LogP contribution in [0.2, 0.25) is 0 Å². The summed E-state index contributed by atoms with van der Waals surface area (Å²) < 4.78 is 0. The minimum absolute atomic E-state index is 0.502. The normalized spacial score (nSPS) is 12.3. The van der Waals surface area contributed by atoms with Crippen LogP contribution in [-0.2, 0) is 17.6 Å². The highest BCUT2D eigenvalue weighted by atomic mass is 16.4. The summed E-state index contributed by atoms with van der Waals surface area (Å²) in [6.07, 6.45) is 1.33. The summed E-state index contributed by atoms with van der Waals surface area (Å²) in [4.78, 5) is 11.4. The van der Waals surface area contributed by atoms with Crippen LogP contribution in [0.25, 0.3) is 0 Å². The number of carboxylic acids is 1. The molecule has 2 aromatic rings. The van der Waals surface area contributed by atoms with Crippen molar-refractivity contribution < 1.29 is 9.90 Å². The van der Waals surface area contributed by atoms with Crippen molar-refractivity contribution in [2.75, 3.05) is 6.54 Å². The first-order valence-corrected chi connectivity index (χ1v) is 8.15. The standard InChI is InChI=1S/C20H25NO2/c1-15(2)18-10-8-16(9-11-18)12-13-21-19(20(22)23)14-17-6-4-3-5-7-17/h3-11,15,19,21H,12-14H2,1-2H3,(H,22,23)/t19-/m1/s1. The Hall–Kier alpha value is -2.13. The number of aliphatic carboxylic acids is 1. The van der Waals surface area contributed by atoms with E-state index in [9.17, 15) is 9.90 Å². The highest BCUT2D eigenvalue weighted by Crippen LogP contribution is 2.14. The molecule has 0 heterocycles. The Labute approximate surface area is 138 Å². The van der Waals surface area contributed by atoms with Crippen LogP contribution in [0.4, 0.5) is 0 Å². The number of hydrogen-bond acceptors (Lipinski definition) is 2. The molecule has 2 rings (SSSR count). The van der Waals surface area contributed by atoms with Gasteiger partial charge in [-0.3, -0.25) is 4.79 Å². The molecule has 3 nitrogen and oxygen atoms in total. The van der Waals surface area contributed by atoms with Crippen LogP contribution in [0, 0.1) is 0 Å². The first kappa shape index (κ1) is 17.2. The number of carbonyl (C=O) groups is 1. The smallest absolute Gasteiger partial charge is 0.321 e. The van der Waals surface area contributed by atoms with Crippen molar-refractivity contribution in [2.24, 2.45) is 0 Å². The largest absolute Gasteiger partial charge is 0.480 e. The first-order valence-electron chi connectivity index (χ1n) is 8.15. The summed E-state index contributed by atoms with van der Waals surface area (Å²) in [5.41, 5.74) is 3.59. The molecule has 0 unspecified atom stereocenters. The lowest BCUT2D eigenvalue weighted by molar-refractivity contribution is -0.139. The monoisotopic (exact) mass is 311 g/mol. The fourth-order valence-corrected chi connectivity index (χ4v) is 2.56. The molecule has 0 spiro atoms. The number of nitrogens with one attached hydrogen (secondary N) is 1. The van der Waals surface area contributed by atoms with Crippen molar-refractivity contribution >= 4 is 5.97 Å². The van der Waals surface area contributed by atoms with Gasteiger partial charge in [-0.2, -0.15) is 0 Å². The van der Waals surface area contributed by atoms with Gasteiger partial charge in [-0.05, 0) is 42.0 Å². The molecule has 1 atom stereocenters. The van der Waals surface area contributed by atoms with E-state index in [2.05, 4.69) is 43.4 Å². The Balaban J connectivity index is 1.85. The second kappa shape index (κ2) is 8.49. The van der Waals surface area contributed by atoms with Crippen LogP contribution in [-0.4, -0.2) is 23.7 Å². The molecule has 2 aromatic carbocycles. The quantitative estimate of drug-likeness (QED) is 0.782. The van der Waals surface area contributed by atoms with Crippen LogP contribution < -0.4 is 5.32 Å². The van der Waals surface area contributed by atoms with Crippen LogP contribution in [0.15, 0.2) is 54.6 Å². The zero-order valence-corrected chi connectivity index (χ0v) is 13.8. The van der Waals surface area contributed by atoms with Gasteiger partial charge in [0.1, 0.15) is 6.04 Å². The van der Waals surface area contributed by atoms with E-state index in [1.165, 1.54) is 11.1 Å². The molecule has 2 N–H and O–H groups in total. The maximum absolute atomic E-state index is 11.4. The van der Waals surface area contributed by atoms with E-state index in [-0.39, 0.29) is 0 Å². The number of hydrogen-bond donors (Lipinski definition) is 2. The Kier molecular flexibility index (Phi) is 6.36. The Morgan fingerprint density at radius 3 is 2.22 bits per heavy atom. The van der Waals surface area contributed by atoms with Gasteiger partial charge in [-0.15, -0.1) is 0 Å². The Morgan fingerprint density at radius 2 is 1.65 bits per heavy atom. The van der Waals surface area contributed by atoms with Crippen molar-refractivity contribution in [3.63, 3.8) is 0 Å². The average Bonchev–Trinajstić information content (AvgIpc) is 2.55. The van der Waals surface area contributed by atoms with E-state index < -0.39 is 12.0 Å². The van der Waals surface area contributed by atoms with Crippen molar-refractivity contribution in [1.82, 2.24) is 5.32 Å². The lowest BCUT2D eigenvalue weighted by atomic mass is 10.0. The van der Waals surface area contributed by atoms with E-state index >= 15 is 0 Å². The first-order chi connectivity index (χ1) is 11.1. The highest BCUT2D eigenvalue weighted by Gasteiger charge is 2.16. The molecule has 0 amide bonds. The molecule has 0 aliphatic heterocycles. The van der Waals surface area contributed by atoms with Gasteiger partial charge in [0.05, 0.1) is 0 Å². The molecule has 0 fully saturated rings. The van der Waals surface area contributed by atoms with Crippen LogP contribution in [0.1, 0.15) is 36.5 Å². The van der Waals surface area contributed by atoms with E-state index in [4.69, 9.17) is 0 Å². The van der Waals surface area contributed by atoms with Crippen molar-refractivity contribution in [1.29, 1.82) is 0 Å². The van der Waals surface area contributed by atoms with Gasteiger partial charge in [0.25, 0.3) is 0 Å². The molecule has 0 aliphatic rings. The molecule has 3 heteroatoms. The van der Waals surface area contributed by atoms with E-state index in [1.54, 1.807) is 0 Å². The summed E-state index contributed by atoms with van der Waals surface area (Å²) >= 11 is 0. The predicted octanol–water partition coefficient (Wildman–Crippen LogP) is 3.64. The van der Waals surface area contributed by atoms with Gasteiger partial charge in [0.15, 0.2) is 0 Å². The summed E-state index contributed by atoms with van der Waals surface area (Å²) in [6.45, 7) is 5.01. The predicted molar refractivity (Wildman–Crippen MR) is 93.8 cm³/mol. The third kappa shape index (κ3) is 5.53. The average molecular weight is 311 g/mol. The van der Waals surface area contributed by atoms with Crippen molar-refractivity contribution in [2.45, 2.75) is 38.6 Å². The summed E-state index contributed by atoms with van der Waals surface area (Å²) in [5.74, 6) is -0.270. The van der Waals surface area contributed by atoms with Gasteiger partial charge >= 0.3 is 5.97 Å². The minimum atomic E-state index is -0.802. The molecule has 0 aliphatic carbocycles. The maximum Gasteiger partial charge on any atom is 0.321 e. The number of benzene rings is 2. The molecule has 0 aromatic heterocycles. The van der Waals surface area contributed by atoms with Crippen LogP contribution in [0.3, 0.4) is 0 Å². The van der Waals surface area contributed by atoms with Crippen molar-refractivity contribution in [3.8, 4) is 0 Å². The number of carboxylic acid groups (broad SMARTS) is 1. The molecule has 0 bridgehead atoms. The van der Waals surface area contributed by atoms with Gasteiger partial charge in [0, 0.05) is 0 Å². The van der Waals surface area contributed by atoms with Crippen LogP contribution >= 0.6 is 0 Å². The Morgan fingerprint density at radius 1 is 1.00 bits per heavy atom. The van der Waals surface area contributed by atoms with Gasteiger partial charge < -0.3 is 10.4 Å². The molecule has 0 saturated heterocycles. The van der Waals surface area contributed by atoms with E-state index in [1.807, 2.05) is 30.3 Å². The van der Waals surface area contributed by atoms with Crippen LogP contribution in [0.5, 0.6) is 0 Å². The Bertz CT molecular complexity index is 605. The van der Waals surface area contributed by atoms with Gasteiger partial charge in [-0.1, -0.05) is 68.4 Å². The topological polar surface area (TPSA) is 49.3 Å². The molecular weight excluding hydrogens is 286 g/mol. The lowest BCUT2D eigenvalue weighted by Crippen LogP contribution is -2.39. The molecule has 122 valence electrons. The van der Waals surface area contributed by atoms with E-state index in [0.717, 1.165) is 12.0 Å². The highest BCUT2D eigenvalue weighted by molar-refractivity contribution is 5.73. The molecule has 23 heavy (non-hydrogen) atoms. The van der Waals surface area contributed by atoms with Crippen molar-refractivity contribution in [3.05, 3.63) is 71.3 Å². The maximum atomic E-state index is 11.4. The zero-order valence-electron chi connectivity index (χ0n) is 13.8. The number of rotatable bonds is 8. The second-order valence-corrected chi connectivity index (χ2v) is 6.18. The fourth-order valence-electron chi connectivity index (χ4n) is 2.56. The fraction of sp³-hybridized carbons (Fsp3) is 0.350. The van der Waals surface area contributed by atoms with Gasteiger partial charge in [-0.25, -0.2) is 0 Å². The third-order valence-corrected chi connectivity index (χ3v) is 4.03. The SMILES string of the molecule is CC(C)c1ccc(CCN[C@H](Cc2ccccc2)C(=O)O)cc1. The van der Waals surface area contributed by atoms with Gasteiger partial charge in [0.2, 0.25) is 0 Å². The second-order valence-electron chi connectivity index (χ2n) is 6.18. The zero-order chi connectivity index (χ0) is 16.7. The summed E-state index contributed by atoms with van der Waals surface area (Å²) in [6, 6.07) is 17.7. The van der Waals surface area contributed by atoms with E-state index in [0.29, 0.717) is 18.9 Å². The molecule has 0 saturated carbocycles. The summed E-state index contributed by atoms with van der Waals surface area (Å²) in [7, 11) is 0. The summed E-state index contributed by atoms with van der Waals surface area (Å²) in [5, 5.41) is 12.5. The lowest BCUT2D eigenvalue weighted by Gasteiger charge is -2.15. The third-order valence-electron chi connectivity index (χ3n) is 4.03. The molecule has 0 radical (unpaired) electrons.